The second-order valence-corrected chi connectivity index (χ2v) is 8.11. The van der Waals surface area contributed by atoms with E-state index in [0.29, 0.717) is 36.1 Å². The highest BCUT2D eigenvalue weighted by Gasteiger charge is 2.23. The number of ether oxygens (including phenoxy) is 1. The second kappa shape index (κ2) is 12.1. The predicted octanol–water partition coefficient (Wildman–Crippen LogP) is 3.77. The Hall–Kier alpha value is -1.90. The van der Waals surface area contributed by atoms with Gasteiger partial charge in [-0.25, -0.2) is 0 Å². The number of alkyl halides is 1. The zero-order valence-electron chi connectivity index (χ0n) is 17.2. The largest absolute Gasteiger partial charge is 0.495 e. The van der Waals surface area contributed by atoms with Gasteiger partial charge in [0.25, 0.3) is 0 Å². The van der Waals surface area contributed by atoms with Crippen molar-refractivity contribution in [3.8, 4) is 5.75 Å². The summed E-state index contributed by atoms with van der Waals surface area (Å²) in [5.74, 6) is 0.748. The molecule has 10 heteroatoms. The molecular weight excluding hydrogens is 445 g/mol. The van der Waals surface area contributed by atoms with Gasteiger partial charge < -0.3 is 14.5 Å². The van der Waals surface area contributed by atoms with Gasteiger partial charge in [0.2, 0.25) is 5.91 Å². The molecule has 1 aliphatic rings. The average molecular weight is 472 g/mol. The monoisotopic (exact) mass is 471 g/mol. The Labute approximate surface area is 192 Å². The van der Waals surface area contributed by atoms with Gasteiger partial charge in [-0.3, -0.25) is 15.2 Å². The van der Waals surface area contributed by atoms with Crippen molar-refractivity contribution in [1.29, 1.82) is 5.41 Å². The number of carbonyl (C=O) groups excluding carboxylic acids is 1. The first-order valence-corrected chi connectivity index (χ1v) is 11.3. The van der Waals surface area contributed by atoms with E-state index < -0.39 is 0 Å². The summed E-state index contributed by atoms with van der Waals surface area (Å²) >= 11 is 13.2. The molecule has 30 heavy (non-hydrogen) atoms. The molecule has 1 aromatic carbocycles. The molecule has 1 amide bonds. The van der Waals surface area contributed by atoms with Crippen LogP contribution in [-0.2, 0) is 4.79 Å². The molecule has 0 bridgehead atoms. The SMILES string of the molecule is C=CSC(=N)/C(CCl)=N/N(CC)CC(=O)N1CCN(c2ccc(Cl)c(OC)c2)CC1. The third kappa shape index (κ3) is 6.55. The molecule has 7 nitrogen and oxygen atoms in total. The number of piperazine rings is 1. The average Bonchev–Trinajstić information content (AvgIpc) is 2.77. The first-order chi connectivity index (χ1) is 14.4. The fraction of sp³-hybridized carbons (Fsp3) is 0.450. The molecule has 1 fully saturated rings. The summed E-state index contributed by atoms with van der Waals surface area (Å²) < 4.78 is 5.29. The van der Waals surface area contributed by atoms with Crippen molar-refractivity contribution in [3.63, 3.8) is 0 Å². The fourth-order valence-electron chi connectivity index (χ4n) is 2.99. The van der Waals surface area contributed by atoms with Crippen molar-refractivity contribution in [2.75, 3.05) is 57.2 Å². The number of rotatable bonds is 9. The van der Waals surface area contributed by atoms with Crippen molar-refractivity contribution >= 4 is 57.3 Å². The molecule has 0 aromatic heterocycles. The lowest BCUT2D eigenvalue weighted by atomic mass is 10.2. The van der Waals surface area contributed by atoms with Crippen LogP contribution in [0.4, 0.5) is 5.69 Å². The van der Waals surface area contributed by atoms with E-state index >= 15 is 0 Å². The molecule has 2 rings (SSSR count). The number of amides is 1. The molecule has 0 aliphatic carbocycles. The van der Waals surface area contributed by atoms with Gasteiger partial charge in [0.15, 0.2) is 0 Å². The second-order valence-electron chi connectivity index (χ2n) is 6.46. The maximum absolute atomic E-state index is 12.8. The van der Waals surface area contributed by atoms with Crippen LogP contribution in [0.1, 0.15) is 6.92 Å². The Balaban J connectivity index is 1.95. The standard InChI is InChI=1S/C20H27Cl2N5O2S/c1-4-27(24-17(13-21)20(23)30-5-2)14-19(28)26-10-8-25(9-11-26)15-6-7-16(22)18(12-15)29-3/h5-7,12,23H,2,4,8-11,13-14H2,1,3H3/b23-20?,24-17+. The van der Waals surface area contributed by atoms with E-state index in [1.165, 1.54) is 0 Å². The van der Waals surface area contributed by atoms with Crippen molar-refractivity contribution in [2.24, 2.45) is 5.10 Å². The smallest absolute Gasteiger partial charge is 0.243 e. The number of hydrazone groups is 1. The minimum Gasteiger partial charge on any atom is -0.495 e. The normalized spacial score (nSPS) is 14.5. The van der Waals surface area contributed by atoms with E-state index in [1.807, 2.05) is 30.0 Å². The van der Waals surface area contributed by atoms with Crippen LogP contribution < -0.4 is 9.64 Å². The number of thioether (sulfide) groups is 1. The number of methoxy groups -OCH3 is 1. The predicted molar refractivity (Wildman–Crippen MR) is 128 cm³/mol. The molecule has 1 aliphatic heterocycles. The highest BCUT2D eigenvalue weighted by atomic mass is 35.5. The molecule has 1 N–H and O–H groups in total. The number of carbonyl (C=O) groups is 1. The summed E-state index contributed by atoms with van der Waals surface area (Å²) in [6, 6.07) is 5.69. The van der Waals surface area contributed by atoms with E-state index in [2.05, 4.69) is 16.6 Å². The number of anilines is 1. The summed E-state index contributed by atoms with van der Waals surface area (Å²) in [7, 11) is 1.59. The van der Waals surface area contributed by atoms with Crippen LogP contribution in [0.25, 0.3) is 0 Å². The first kappa shape index (κ1) is 24.4. The quantitative estimate of drug-likeness (QED) is 0.257. The Kier molecular flexibility index (Phi) is 9.81. The van der Waals surface area contributed by atoms with Crippen LogP contribution in [0.5, 0.6) is 5.75 Å². The molecule has 0 unspecified atom stereocenters. The van der Waals surface area contributed by atoms with Crippen LogP contribution in [0.3, 0.4) is 0 Å². The van der Waals surface area contributed by atoms with Gasteiger partial charge in [-0.1, -0.05) is 29.9 Å². The Morgan fingerprint density at radius 3 is 2.67 bits per heavy atom. The molecule has 0 atom stereocenters. The number of halogens is 2. The lowest BCUT2D eigenvalue weighted by molar-refractivity contribution is -0.132. The van der Waals surface area contributed by atoms with Gasteiger partial charge in [-0.2, -0.15) is 5.10 Å². The van der Waals surface area contributed by atoms with E-state index in [9.17, 15) is 4.79 Å². The van der Waals surface area contributed by atoms with Crippen LogP contribution in [0, 0.1) is 5.41 Å². The molecule has 0 spiro atoms. The number of hydrogen-bond donors (Lipinski definition) is 1. The van der Waals surface area contributed by atoms with E-state index in [4.69, 9.17) is 33.3 Å². The molecule has 164 valence electrons. The third-order valence-electron chi connectivity index (χ3n) is 4.67. The van der Waals surface area contributed by atoms with Crippen molar-refractivity contribution < 1.29 is 9.53 Å². The van der Waals surface area contributed by atoms with Crippen molar-refractivity contribution in [3.05, 3.63) is 35.2 Å². The summed E-state index contributed by atoms with van der Waals surface area (Å²) in [4.78, 5) is 16.8. The maximum Gasteiger partial charge on any atom is 0.243 e. The number of hydrogen-bond acceptors (Lipinski definition) is 7. The number of nitrogens with one attached hydrogen (secondary N) is 1. The van der Waals surface area contributed by atoms with Gasteiger partial charge in [0.05, 0.1) is 18.0 Å². The highest BCUT2D eigenvalue weighted by Crippen LogP contribution is 2.29. The minimum absolute atomic E-state index is 0.00534. The first-order valence-electron chi connectivity index (χ1n) is 9.54. The molecule has 1 saturated heterocycles. The Morgan fingerprint density at radius 1 is 1.40 bits per heavy atom. The summed E-state index contributed by atoms with van der Waals surface area (Å²) in [6.07, 6.45) is 0. The number of likely N-dealkylation sites (N-methyl/N-ethyl adjacent to an activating group) is 1. The maximum atomic E-state index is 12.8. The topological polar surface area (TPSA) is 72.2 Å². The van der Waals surface area contributed by atoms with Crippen molar-refractivity contribution in [1.82, 2.24) is 9.91 Å². The third-order valence-corrected chi connectivity index (χ3v) is 5.87. The van der Waals surface area contributed by atoms with Crippen LogP contribution in [0.2, 0.25) is 5.02 Å². The molecule has 0 radical (unpaired) electrons. The zero-order chi connectivity index (χ0) is 22.1. The van der Waals surface area contributed by atoms with E-state index in [-0.39, 0.29) is 23.4 Å². The fourth-order valence-corrected chi connectivity index (χ4v) is 3.86. The lowest BCUT2D eigenvalue weighted by Crippen LogP contribution is -2.51. The molecule has 0 saturated carbocycles. The van der Waals surface area contributed by atoms with E-state index in [0.717, 1.165) is 30.5 Å². The summed E-state index contributed by atoms with van der Waals surface area (Å²) in [6.45, 7) is 8.90. The van der Waals surface area contributed by atoms with Crippen LogP contribution in [-0.4, -0.2) is 78.8 Å². The van der Waals surface area contributed by atoms with Gasteiger partial charge >= 0.3 is 0 Å². The summed E-state index contributed by atoms with van der Waals surface area (Å²) in [5, 5.41) is 16.4. The van der Waals surface area contributed by atoms with E-state index in [1.54, 1.807) is 17.5 Å². The molecule has 1 heterocycles. The Morgan fingerprint density at radius 2 is 2.10 bits per heavy atom. The van der Waals surface area contributed by atoms with Gasteiger partial charge in [0, 0.05) is 44.5 Å². The van der Waals surface area contributed by atoms with Crippen LogP contribution in [0.15, 0.2) is 35.3 Å². The minimum atomic E-state index is 0.00534. The molecular formula is C20H27Cl2N5O2S. The Bertz CT molecular complexity index is 797. The summed E-state index contributed by atoms with van der Waals surface area (Å²) in [5.41, 5.74) is 1.45. The highest BCUT2D eigenvalue weighted by molar-refractivity contribution is 8.18. The zero-order valence-corrected chi connectivity index (χ0v) is 19.6. The number of nitrogens with zero attached hydrogens (tertiary/aromatic N) is 4. The van der Waals surface area contributed by atoms with Gasteiger partial charge in [0.1, 0.15) is 23.0 Å². The lowest BCUT2D eigenvalue weighted by Gasteiger charge is -2.37. The van der Waals surface area contributed by atoms with Crippen molar-refractivity contribution in [2.45, 2.75) is 6.92 Å². The number of benzene rings is 1. The van der Waals surface area contributed by atoms with Gasteiger partial charge in [-0.15, -0.1) is 11.6 Å². The van der Waals surface area contributed by atoms with Crippen LogP contribution >= 0.6 is 35.0 Å². The van der Waals surface area contributed by atoms with Gasteiger partial charge in [-0.05, 0) is 24.5 Å². The molecule has 1 aromatic rings.